The molecule has 0 amide bonds. The fourth-order valence-corrected chi connectivity index (χ4v) is 3.98. The van der Waals surface area contributed by atoms with Crippen molar-refractivity contribution in [3.63, 3.8) is 0 Å². The van der Waals surface area contributed by atoms with Crippen molar-refractivity contribution in [2.75, 3.05) is 10.5 Å². The fraction of sp³-hybridized carbons (Fsp3) is 0.136. The van der Waals surface area contributed by atoms with E-state index in [1.807, 2.05) is 0 Å². The van der Waals surface area contributed by atoms with Gasteiger partial charge in [-0.15, -0.1) is 0 Å². The molecule has 2 heterocycles. The molecule has 0 saturated carbocycles. The molecule has 4 aromatic rings. The summed E-state index contributed by atoms with van der Waals surface area (Å²) in [7, 11) is -2.24. The molecule has 11 heteroatoms. The first-order valence-corrected chi connectivity index (χ1v) is 11.4. The summed E-state index contributed by atoms with van der Waals surface area (Å²) in [5.41, 5.74) is 0.272. The standard InChI is InChI=1S/C22H18F3N3O4S/c1-3-33(30,31)27-13-9-15(16-11-28(2)22(29)14-6-7-26-20(14)16)21(18(25)10-13)32-19-5-4-12(23)8-17(19)24/h4-11,26-27H,3H2,1-2H3. The van der Waals surface area contributed by atoms with E-state index >= 15 is 4.39 Å². The zero-order chi connectivity index (χ0) is 23.9. The Morgan fingerprint density at radius 1 is 1.06 bits per heavy atom. The van der Waals surface area contributed by atoms with E-state index in [0.717, 1.165) is 18.2 Å². The molecule has 0 saturated heterocycles. The molecule has 0 aliphatic heterocycles. The van der Waals surface area contributed by atoms with Gasteiger partial charge in [0.15, 0.2) is 23.1 Å². The number of halogens is 3. The molecule has 0 unspecified atom stereocenters. The third-order valence-electron chi connectivity index (χ3n) is 4.98. The zero-order valence-electron chi connectivity index (χ0n) is 17.4. The molecule has 0 radical (unpaired) electrons. The molecule has 2 aromatic heterocycles. The molecule has 2 aromatic carbocycles. The summed E-state index contributed by atoms with van der Waals surface area (Å²) >= 11 is 0. The third-order valence-corrected chi connectivity index (χ3v) is 6.29. The van der Waals surface area contributed by atoms with Gasteiger partial charge in [0, 0.05) is 42.7 Å². The van der Waals surface area contributed by atoms with Crippen LogP contribution in [0.2, 0.25) is 0 Å². The van der Waals surface area contributed by atoms with E-state index in [0.29, 0.717) is 22.5 Å². The van der Waals surface area contributed by atoms with Gasteiger partial charge in [0.1, 0.15) is 5.82 Å². The summed E-state index contributed by atoms with van der Waals surface area (Å²) in [4.78, 5) is 15.4. The van der Waals surface area contributed by atoms with Gasteiger partial charge >= 0.3 is 0 Å². The van der Waals surface area contributed by atoms with Gasteiger partial charge in [0.2, 0.25) is 10.0 Å². The summed E-state index contributed by atoms with van der Waals surface area (Å²) in [5.74, 6) is -4.01. The maximum absolute atomic E-state index is 15.2. The van der Waals surface area contributed by atoms with Crippen molar-refractivity contribution in [1.29, 1.82) is 0 Å². The molecule has 0 aliphatic rings. The number of sulfonamides is 1. The smallest absolute Gasteiger partial charge is 0.259 e. The van der Waals surface area contributed by atoms with Crippen molar-refractivity contribution in [3.05, 3.63) is 76.6 Å². The van der Waals surface area contributed by atoms with Gasteiger partial charge in [-0.2, -0.15) is 0 Å². The Labute approximate surface area is 186 Å². The Bertz CT molecular complexity index is 1540. The van der Waals surface area contributed by atoms with Crippen LogP contribution in [0.15, 0.2) is 53.6 Å². The minimum absolute atomic E-state index is 0.0376. The van der Waals surface area contributed by atoms with Crippen molar-refractivity contribution in [2.24, 2.45) is 7.05 Å². The first-order valence-electron chi connectivity index (χ1n) is 9.73. The van der Waals surface area contributed by atoms with Crippen molar-refractivity contribution in [2.45, 2.75) is 6.92 Å². The molecule has 7 nitrogen and oxygen atoms in total. The number of ether oxygens (including phenoxy) is 1. The molecular weight excluding hydrogens is 459 g/mol. The molecule has 0 atom stereocenters. The quantitative estimate of drug-likeness (QED) is 0.428. The summed E-state index contributed by atoms with van der Waals surface area (Å²) in [6.07, 6.45) is 2.94. The van der Waals surface area contributed by atoms with Crippen molar-refractivity contribution in [3.8, 4) is 22.6 Å². The zero-order valence-corrected chi connectivity index (χ0v) is 18.3. The van der Waals surface area contributed by atoms with Crippen LogP contribution in [0.1, 0.15) is 6.92 Å². The highest BCUT2D eigenvalue weighted by atomic mass is 32.2. The average molecular weight is 477 g/mol. The lowest BCUT2D eigenvalue weighted by molar-refractivity contribution is 0.413. The van der Waals surface area contributed by atoms with Crippen LogP contribution in [0.4, 0.5) is 18.9 Å². The van der Waals surface area contributed by atoms with Crippen LogP contribution in [0.5, 0.6) is 11.5 Å². The van der Waals surface area contributed by atoms with Gasteiger partial charge in [-0.3, -0.25) is 9.52 Å². The first kappa shape index (κ1) is 22.5. The summed E-state index contributed by atoms with van der Waals surface area (Å²) in [5, 5.41) is 0.300. The minimum Gasteiger partial charge on any atom is -0.451 e. The lowest BCUT2D eigenvalue weighted by Crippen LogP contribution is -2.16. The Balaban J connectivity index is 1.98. The maximum atomic E-state index is 15.2. The molecule has 2 N–H and O–H groups in total. The molecule has 172 valence electrons. The van der Waals surface area contributed by atoms with Gasteiger partial charge in [-0.1, -0.05) is 0 Å². The number of fused-ring (bicyclic) bond motifs is 1. The van der Waals surface area contributed by atoms with Gasteiger partial charge in [-0.25, -0.2) is 21.6 Å². The average Bonchev–Trinajstić information content (AvgIpc) is 3.24. The van der Waals surface area contributed by atoms with Gasteiger partial charge in [0.25, 0.3) is 5.56 Å². The van der Waals surface area contributed by atoms with Crippen LogP contribution < -0.4 is 15.0 Å². The summed E-state index contributed by atoms with van der Waals surface area (Å²) in [6, 6.07) is 6.30. The monoisotopic (exact) mass is 477 g/mol. The van der Waals surface area contributed by atoms with Crippen LogP contribution in [0.3, 0.4) is 0 Å². The number of aryl methyl sites for hydroxylation is 1. The Hall–Kier alpha value is -3.73. The predicted molar refractivity (Wildman–Crippen MR) is 118 cm³/mol. The number of aromatic amines is 1. The second-order valence-corrected chi connectivity index (χ2v) is 9.25. The number of hydrogen-bond donors (Lipinski definition) is 2. The number of pyridine rings is 1. The molecule has 0 aliphatic carbocycles. The molecular formula is C22H18F3N3O4S. The Morgan fingerprint density at radius 2 is 1.82 bits per heavy atom. The van der Waals surface area contributed by atoms with Gasteiger partial charge in [0.05, 0.1) is 22.3 Å². The van der Waals surface area contributed by atoms with E-state index in [4.69, 9.17) is 4.74 Å². The van der Waals surface area contributed by atoms with E-state index in [9.17, 15) is 22.0 Å². The van der Waals surface area contributed by atoms with Gasteiger partial charge < -0.3 is 14.3 Å². The highest BCUT2D eigenvalue weighted by Gasteiger charge is 2.22. The lowest BCUT2D eigenvalue weighted by atomic mass is 10.0. The normalized spacial score (nSPS) is 11.7. The van der Waals surface area contributed by atoms with Crippen molar-refractivity contribution < 1.29 is 26.3 Å². The number of rotatable bonds is 6. The number of hydrogen-bond acceptors (Lipinski definition) is 4. The van der Waals surface area contributed by atoms with E-state index in [-0.39, 0.29) is 22.6 Å². The van der Waals surface area contributed by atoms with Crippen LogP contribution in [-0.2, 0) is 17.1 Å². The number of aromatic nitrogens is 2. The van der Waals surface area contributed by atoms with E-state index in [2.05, 4.69) is 9.71 Å². The maximum Gasteiger partial charge on any atom is 0.259 e. The number of H-pyrrole nitrogens is 1. The summed E-state index contributed by atoms with van der Waals surface area (Å²) in [6.45, 7) is 1.42. The number of benzene rings is 2. The SMILES string of the molecule is CCS(=O)(=O)Nc1cc(F)c(Oc2ccc(F)cc2F)c(-c2cn(C)c(=O)c3cc[nH]c23)c1. The molecule has 33 heavy (non-hydrogen) atoms. The number of anilines is 1. The molecule has 0 fully saturated rings. The highest BCUT2D eigenvalue weighted by Crippen LogP contribution is 2.40. The minimum atomic E-state index is -3.74. The predicted octanol–water partition coefficient (Wildman–Crippen LogP) is 4.50. The molecule has 0 bridgehead atoms. The van der Waals surface area contributed by atoms with Crippen LogP contribution in [0.25, 0.3) is 22.0 Å². The number of nitrogens with one attached hydrogen (secondary N) is 2. The molecule has 0 spiro atoms. The largest absolute Gasteiger partial charge is 0.451 e. The van der Waals surface area contributed by atoms with Gasteiger partial charge in [-0.05, 0) is 31.2 Å². The highest BCUT2D eigenvalue weighted by molar-refractivity contribution is 7.92. The van der Waals surface area contributed by atoms with Crippen LogP contribution in [0, 0.1) is 17.5 Å². The second-order valence-electron chi connectivity index (χ2n) is 7.24. The summed E-state index contributed by atoms with van der Waals surface area (Å²) < 4.78 is 75.9. The fourth-order valence-electron chi connectivity index (χ4n) is 3.36. The first-order chi connectivity index (χ1) is 15.6. The Kier molecular flexibility index (Phi) is 5.66. The third kappa shape index (κ3) is 4.31. The number of nitrogens with zero attached hydrogens (tertiary/aromatic N) is 1. The van der Waals surface area contributed by atoms with Crippen molar-refractivity contribution in [1.82, 2.24) is 9.55 Å². The van der Waals surface area contributed by atoms with Crippen LogP contribution >= 0.6 is 0 Å². The van der Waals surface area contributed by atoms with E-state index in [1.54, 1.807) is 6.07 Å². The Morgan fingerprint density at radius 3 is 2.52 bits per heavy atom. The molecule has 4 rings (SSSR count). The second kappa shape index (κ2) is 8.32. The topological polar surface area (TPSA) is 93.2 Å². The van der Waals surface area contributed by atoms with E-state index < -0.39 is 39.0 Å². The van der Waals surface area contributed by atoms with Crippen molar-refractivity contribution >= 4 is 26.6 Å². The van der Waals surface area contributed by atoms with E-state index in [1.165, 1.54) is 37.0 Å². The lowest BCUT2D eigenvalue weighted by Gasteiger charge is -2.17. The van der Waals surface area contributed by atoms with Crippen LogP contribution in [-0.4, -0.2) is 23.7 Å².